The lowest BCUT2D eigenvalue weighted by molar-refractivity contribution is -0.131. The third kappa shape index (κ3) is 5.59. The molecule has 0 radical (unpaired) electrons. The Morgan fingerprint density at radius 2 is 1.75 bits per heavy atom. The highest BCUT2D eigenvalue weighted by atomic mass is 35.5. The van der Waals surface area contributed by atoms with Crippen molar-refractivity contribution in [3.8, 4) is 0 Å². The Kier molecular flexibility index (Phi) is 7.05. The fraction of sp³-hybridized carbons (Fsp3) is 0.312. The van der Waals surface area contributed by atoms with Gasteiger partial charge in [0.05, 0.1) is 6.54 Å². The van der Waals surface area contributed by atoms with Crippen molar-refractivity contribution in [3.05, 3.63) is 60.2 Å². The summed E-state index contributed by atoms with van der Waals surface area (Å²) in [6.45, 7) is 9.49. The van der Waals surface area contributed by atoms with Gasteiger partial charge in [-0.2, -0.15) is 0 Å². The smallest absolute Gasteiger partial charge is 0.237 e. The number of halogens is 1. The molecule has 1 amide bonds. The van der Waals surface area contributed by atoms with E-state index in [1.807, 2.05) is 36.2 Å². The Morgan fingerprint density at radius 1 is 1.20 bits per heavy atom. The van der Waals surface area contributed by atoms with Crippen molar-refractivity contribution < 1.29 is 4.79 Å². The maximum Gasteiger partial charge on any atom is 0.237 e. The molecule has 108 valence electrons. The molecule has 3 nitrogen and oxygen atoms in total. The Labute approximate surface area is 126 Å². The summed E-state index contributed by atoms with van der Waals surface area (Å²) in [5.74, 6) is 0.0706. The molecule has 1 aromatic carbocycles. The number of amides is 1. The van der Waals surface area contributed by atoms with E-state index in [0.29, 0.717) is 26.2 Å². The first-order chi connectivity index (χ1) is 9.56. The topological polar surface area (TPSA) is 23.6 Å². The number of nitrogens with zero attached hydrogens (tertiary/aromatic N) is 2. The van der Waals surface area contributed by atoms with Crippen LogP contribution in [-0.4, -0.2) is 42.4 Å². The van der Waals surface area contributed by atoms with Gasteiger partial charge >= 0.3 is 0 Å². The summed E-state index contributed by atoms with van der Waals surface area (Å²) in [5, 5.41) is 0.718. The summed E-state index contributed by atoms with van der Waals surface area (Å²) in [7, 11) is 1.92. The summed E-state index contributed by atoms with van der Waals surface area (Å²) < 4.78 is 0. The van der Waals surface area contributed by atoms with E-state index in [1.165, 1.54) is 0 Å². The minimum absolute atomic E-state index is 0.0706. The molecule has 1 rings (SSSR count). The van der Waals surface area contributed by atoms with Crippen molar-refractivity contribution in [2.75, 3.05) is 26.7 Å². The molecule has 0 unspecified atom stereocenters. The zero-order valence-corrected chi connectivity index (χ0v) is 12.6. The van der Waals surface area contributed by atoms with Crippen molar-refractivity contribution in [1.82, 2.24) is 9.80 Å². The number of carbonyl (C=O) groups excluding carboxylic acids is 1. The van der Waals surface area contributed by atoms with Gasteiger partial charge in [-0.3, -0.25) is 9.69 Å². The Balaban J connectivity index is 2.53. The Morgan fingerprint density at radius 3 is 2.25 bits per heavy atom. The van der Waals surface area contributed by atoms with Gasteiger partial charge in [-0.05, 0) is 24.7 Å². The van der Waals surface area contributed by atoms with Crippen LogP contribution < -0.4 is 0 Å². The Bertz CT molecular complexity index is 446. The highest BCUT2D eigenvalue weighted by Gasteiger charge is 2.13. The van der Waals surface area contributed by atoms with Gasteiger partial charge in [0, 0.05) is 24.7 Å². The first-order valence-electron chi connectivity index (χ1n) is 6.49. The van der Waals surface area contributed by atoms with E-state index in [9.17, 15) is 4.79 Å². The molecule has 0 saturated carbocycles. The molecular weight excluding hydrogens is 272 g/mol. The SMILES string of the molecule is C=CCN(CC=C)C(=O)CN(C)Cc1ccc(Cl)cc1. The van der Waals surface area contributed by atoms with E-state index in [1.54, 1.807) is 17.1 Å². The maximum atomic E-state index is 12.1. The quantitative estimate of drug-likeness (QED) is 0.688. The summed E-state index contributed by atoms with van der Waals surface area (Å²) in [4.78, 5) is 15.8. The molecule has 0 spiro atoms. The van der Waals surface area contributed by atoms with Crippen LogP contribution in [-0.2, 0) is 11.3 Å². The lowest BCUT2D eigenvalue weighted by Crippen LogP contribution is -2.39. The molecule has 0 atom stereocenters. The second kappa shape index (κ2) is 8.56. The molecule has 4 heteroatoms. The van der Waals surface area contributed by atoms with Crippen molar-refractivity contribution in [2.45, 2.75) is 6.54 Å². The van der Waals surface area contributed by atoms with Crippen LogP contribution in [0.3, 0.4) is 0 Å². The molecule has 20 heavy (non-hydrogen) atoms. The molecule has 0 saturated heterocycles. The van der Waals surface area contributed by atoms with E-state index >= 15 is 0 Å². The van der Waals surface area contributed by atoms with Crippen LogP contribution in [0.2, 0.25) is 5.02 Å². The third-order valence-electron chi connectivity index (χ3n) is 2.82. The van der Waals surface area contributed by atoms with E-state index in [0.717, 1.165) is 10.6 Å². The van der Waals surface area contributed by atoms with Gasteiger partial charge < -0.3 is 4.90 Å². The highest BCUT2D eigenvalue weighted by Crippen LogP contribution is 2.11. The average molecular weight is 293 g/mol. The molecular formula is C16H21ClN2O. The van der Waals surface area contributed by atoms with Gasteiger partial charge in [0.2, 0.25) is 5.91 Å². The zero-order chi connectivity index (χ0) is 15.0. The summed E-state index contributed by atoms with van der Waals surface area (Å²) in [5.41, 5.74) is 1.13. The van der Waals surface area contributed by atoms with E-state index in [4.69, 9.17) is 11.6 Å². The minimum atomic E-state index is 0.0706. The van der Waals surface area contributed by atoms with Gasteiger partial charge in [0.25, 0.3) is 0 Å². The van der Waals surface area contributed by atoms with Gasteiger partial charge in [0.1, 0.15) is 0 Å². The molecule has 0 fully saturated rings. The second-order valence-electron chi connectivity index (χ2n) is 4.67. The van der Waals surface area contributed by atoms with Crippen LogP contribution in [0.15, 0.2) is 49.6 Å². The van der Waals surface area contributed by atoms with Gasteiger partial charge in [-0.15, -0.1) is 13.2 Å². The molecule has 1 aromatic rings. The monoisotopic (exact) mass is 292 g/mol. The van der Waals surface area contributed by atoms with Crippen LogP contribution in [0.5, 0.6) is 0 Å². The number of rotatable bonds is 8. The van der Waals surface area contributed by atoms with Crippen molar-refractivity contribution in [2.24, 2.45) is 0 Å². The number of hydrogen-bond donors (Lipinski definition) is 0. The van der Waals surface area contributed by atoms with Crippen LogP contribution in [0.1, 0.15) is 5.56 Å². The number of benzene rings is 1. The minimum Gasteiger partial charge on any atom is -0.334 e. The van der Waals surface area contributed by atoms with Crippen LogP contribution in [0.25, 0.3) is 0 Å². The molecule has 0 bridgehead atoms. The van der Waals surface area contributed by atoms with E-state index in [2.05, 4.69) is 13.2 Å². The van der Waals surface area contributed by atoms with Crippen molar-refractivity contribution >= 4 is 17.5 Å². The van der Waals surface area contributed by atoms with Gasteiger partial charge in [-0.1, -0.05) is 35.9 Å². The van der Waals surface area contributed by atoms with Crippen molar-refractivity contribution in [3.63, 3.8) is 0 Å². The zero-order valence-electron chi connectivity index (χ0n) is 11.9. The van der Waals surface area contributed by atoms with Gasteiger partial charge in [-0.25, -0.2) is 0 Å². The fourth-order valence-corrected chi connectivity index (χ4v) is 2.00. The maximum absolute atomic E-state index is 12.1. The molecule has 0 aliphatic rings. The van der Waals surface area contributed by atoms with Crippen LogP contribution in [0.4, 0.5) is 0 Å². The molecule has 0 aliphatic carbocycles. The number of hydrogen-bond acceptors (Lipinski definition) is 2. The third-order valence-corrected chi connectivity index (χ3v) is 3.07. The van der Waals surface area contributed by atoms with Gasteiger partial charge in [0.15, 0.2) is 0 Å². The Hall–Kier alpha value is -1.58. The lowest BCUT2D eigenvalue weighted by atomic mass is 10.2. The second-order valence-corrected chi connectivity index (χ2v) is 5.11. The predicted octanol–water partition coefficient (Wildman–Crippen LogP) is 2.97. The largest absolute Gasteiger partial charge is 0.334 e. The fourth-order valence-electron chi connectivity index (χ4n) is 1.88. The highest BCUT2D eigenvalue weighted by molar-refractivity contribution is 6.30. The van der Waals surface area contributed by atoms with Crippen LogP contribution in [0, 0.1) is 0 Å². The van der Waals surface area contributed by atoms with Crippen LogP contribution >= 0.6 is 11.6 Å². The standard InChI is InChI=1S/C16H21ClN2O/c1-4-10-19(11-5-2)16(20)13-18(3)12-14-6-8-15(17)9-7-14/h4-9H,1-2,10-13H2,3H3. The average Bonchev–Trinajstić information content (AvgIpc) is 2.41. The molecule has 0 aliphatic heterocycles. The van der Waals surface area contributed by atoms with Crippen molar-refractivity contribution in [1.29, 1.82) is 0 Å². The predicted molar refractivity (Wildman–Crippen MR) is 84.8 cm³/mol. The number of likely N-dealkylation sites (N-methyl/N-ethyl adjacent to an activating group) is 1. The first kappa shape index (κ1) is 16.5. The normalized spacial score (nSPS) is 10.3. The molecule has 0 aromatic heterocycles. The summed E-state index contributed by atoms with van der Waals surface area (Å²) in [6, 6.07) is 7.64. The summed E-state index contributed by atoms with van der Waals surface area (Å²) >= 11 is 5.85. The van der Waals surface area contributed by atoms with E-state index < -0.39 is 0 Å². The molecule has 0 N–H and O–H groups in total. The number of carbonyl (C=O) groups is 1. The lowest BCUT2D eigenvalue weighted by Gasteiger charge is -2.23. The molecule has 0 heterocycles. The first-order valence-corrected chi connectivity index (χ1v) is 6.87. The van der Waals surface area contributed by atoms with E-state index in [-0.39, 0.29) is 5.91 Å². The summed E-state index contributed by atoms with van der Waals surface area (Å²) in [6.07, 6.45) is 3.45.